The van der Waals surface area contributed by atoms with Gasteiger partial charge in [0.25, 0.3) is 0 Å². The zero-order valence-electron chi connectivity index (χ0n) is 10.8. The second kappa shape index (κ2) is 5.12. The molecule has 2 aromatic heterocycles. The van der Waals surface area contributed by atoms with Gasteiger partial charge in [-0.3, -0.25) is 9.59 Å². The highest BCUT2D eigenvalue weighted by Crippen LogP contribution is 2.24. The molecule has 0 aliphatic heterocycles. The number of nitrogens with one attached hydrogen (secondary N) is 1. The summed E-state index contributed by atoms with van der Waals surface area (Å²) in [5.74, 6) is -3.09. The number of ketones is 1. The topological polar surface area (TPSA) is 70.8 Å². The first-order valence-electron chi connectivity index (χ1n) is 5.92. The van der Waals surface area contributed by atoms with Crippen LogP contribution in [-0.4, -0.2) is 33.4 Å². The van der Waals surface area contributed by atoms with Crippen molar-refractivity contribution < 1.29 is 27.9 Å². The minimum Gasteiger partial charge on any atom is -0.506 e. The smallest absolute Gasteiger partial charge is 0.471 e. The zero-order chi connectivity index (χ0) is 15.8. The number of carbonyl (C=O) groups excluding carboxylic acids is 2. The molecule has 0 spiro atoms. The molecule has 2 N–H and O–H groups in total. The highest BCUT2D eigenvalue weighted by Gasteiger charge is 2.40. The number of hydrogen-bond donors (Lipinski definition) is 2. The number of carbonyl (C=O) groups is 2. The summed E-state index contributed by atoms with van der Waals surface area (Å²) in [5, 5.41) is 11.3. The Kier molecular flexibility index (Phi) is 3.63. The van der Waals surface area contributed by atoms with Crippen molar-refractivity contribution in [2.75, 3.05) is 0 Å². The van der Waals surface area contributed by atoms with E-state index < -0.39 is 23.9 Å². The molecular formula is C13H11F3N2O3. The van der Waals surface area contributed by atoms with E-state index in [1.165, 1.54) is 22.7 Å². The fourth-order valence-electron chi connectivity index (χ4n) is 1.92. The van der Waals surface area contributed by atoms with Crippen molar-refractivity contribution in [1.29, 1.82) is 0 Å². The summed E-state index contributed by atoms with van der Waals surface area (Å²) < 4.78 is 38.0. The molecule has 0 aliphatic carbocycles. The molecule has 0 bridgehead atoms. The van der Waals surface area contributed by atoms with Crippen LogP contribution in [-0.2, 0) is 4.79 Å². The Morgan fingerprint density at radius 1 is 1.29 bits per heavy atom. The number of aromatic nitrogens is 1. The molecule has 0 saturated heterocycles. The van der Waals surface area contributed by atoms with Crippen LogP contribution < -0.4 is 5.32 Å². The first kappa shape index (κ1) is 14.9. The molecule has 0 saturated carbocycles. The van der Waals surface area contributed by atoms with E-state index in [0.29, 0.717) is 0 Å². The van der Waals surface area contributed by atoms with Crippen molar-refractivity contribution in [3.63, 3.8) is 0 Å². The van der Waals surface area contributed by atoms with Gasteiger partial charge in [-0.1, -0.05) is 0 Å². The van der Waals surface area contributed by atoms with Crippen LogP contribution in [0.3, 0.4) is 0 Å². The Morgan fingerprint density at radius 2 is 1.95 bits per heavy atom. The summed E-state index contributed by atoms with van der Waals surface area (Å²) >= 11 is 0. The standard InChI is InChI=1S/C13H11F3N2O3/c1-7(17-12(21)13(14,15)16)11(20)8-4-6-18-5-2-3-9(19)10(8)18/h2-7,19H,1H3,(H,17,21). The van der Waals surface area contributed by atoms with E-state index in [-0.39, 0.29) is 16.8 Å². The van der Waals surface area contributed by atoms with Crippen LogP contribution in [0.15, 0.2) is 30.6 Å². The highest BCUT2D eigenvalue weighted by atomic mass is 19.4. The van der Waals surface area contributed by atoms with Gasteiger partial charge in [0.05, 0.1) is 11.6 Å². The number of fused-ring (bicyclic) bond motifs is 1. The van der Waals surface area contributed by atoms with E-state index in [9.17, 15) is 27.9 Å². The summed E-state index contributed by atoms with van der Waals surface area (Å²) in [5.41, 5.74) is 0.207. The summed E-state index contributed by atoms with van der Waals surface area (Å²) in [7, 11) is 0. The second-order valence-electron chi connectivity index (χ2n) is 4.44. The molecule has 2 aromatic rings. The monoisotopic (exact) mass is 300 g/mol. The Labute approximate surface area is 117 Å². The molecule has 8 heteroatoms. The molecule has 112 valence electrons. The number of alkyl halides is 3. The normalized spacial score (nSPS) is 13.1. The predicted molar refractivity (Wildman–Crippen MR) is 67.1 cm³/mol. The molecule has 0 aromatic carbocycles. The molecule has 2 heterocycles. The molecular weight excluding hydrogens is 289 g/mol. The van der Waals surface area contributed by atoms with Gasteiger partial charge in [-0.2, -0.15) is 13.2 Å². The van der Waals surface area contributed by atoms with Gasteiger partial charge in [0.1, 0.15) is 5.75 Å². The molecule has 0 aliphatic rings. The summed E-state index contributed by atoms with van der Waals surface area (Å²) in [6.07, 6.45) is -2.00. The summed E-state index contributed by atoms with van der Waals surface area (Å²) in [4.78, 5) is 23.0. The first-order chi connectivity index (χ1) is 9.71. The number of hydrogen-bond acceptors (Lipinski definition) is 3. The number of rotatable bonds is 3. The number of nitrogens with zero attached hydrogens (tertiary/aromatic N) is 1. The maximum absolute atomic E-state index is 12.2. The Bertz CT molecular complexity index is 706. The zero-order valence-corrected chi connectivity index (χ0v) is 10.8. The van der Waals surface area contributed by atoms with Crippen molar-refractivity contribution in [3.8, 4) is 5.75 Å². The van der Waals surface area contributed by atoms with Crippen LogP contribution >= 0.6 is 0 Å². The highest BCUT2D eigenvalue weighted by molar-refractivity contribution is 6.08. The first-order valence-corrected chi connectivity index (χ1v) is 5.92. The van der Waals surface area contributed by atoms with Crippen LogP contribution in [0, 0.1) is 0 Å². The second-order valence-corrected chi connectivity index (χ2v) is 4.44. The Balaban J connectivity index is 2.29. The molecule has 21 heavy (non-hydrogen) atoms. The third-order valence-electron chi connectivity index (χ3n) is 2.92. The van der Waals surface area contributed by atoms with Gasteiger partial charge in [-0.05, 0) is 25.1 Å². The third kappa shape index (κ3) is 2.83. The van der Waals surface area contributed by atoms with Gasteiger partial charge in [0.2, 0.25) is 0 Å². The van der Waals surface area contributed by atoms with Crippen molar-refractivity contribution in [1.82, 2.24) is 9.72 Å². The SMILES string of the molecule is CC(NC(=O)C(F)(F)F)C(=O)c1ccn2cccc(O)c12. The van der Waals surface area contributed by atoms with Crippen LogP contribution in [0.2, 0.25) is 0 Å². The maximum Gasteiger partial charge on any atom is 0.471 e. The fourth-order valence-corrected chi connectivity index (χ4v) is 1.92. The van der Waals surface area contributed by atoms with Crippen LogP contribution in [0.4, 0.5) is 13.2 Å². The molecule has 0 fully saturated rings. The molecule has 1 amide bonds. The van der Waals surface area contributed by atoms with Crippen molar-refractivity contribution in [3.05, 3.63) is 36.2 Å². The lowest BCUT2D eigenvalue weighted by atomic mass is 10.1. The van der Waals surface area contributed by atoms with Gasteiger partial charge in [0, 0.05) is 18.0 Å². The minimum absolute atomic E-state index is 0.0306. The predicted octanol–water partition coefficient (Wildman–Crippen LogP) is 1.89. The quantitative estimate of drug-likeness (QED) is 0.850. The Morgan fingerprint density at radius 3 is 2.57 bits per heavy atom. The molecule has 1 unspecified atom stereocenters. The minimum atomic E-state index is -5.06. The van der Waals surface area contributed by atoms with E-state index in [1.54, 1.807) is 17.6 Å². The van der Waals surface area contributed by atoms with Gasteiger partial charge in [-0.25, -0.2) is 0 Å². The fraction of sp³-hybridized carbons (Fsp3) is 0.231. The molecule has 2 rings (SSSR count). The lowest BCUT2D eigenvalue weighted by Gasteiger charge is -2.14. The van der Waals surface area contributed by atoms with Crippen molar-refractivity contribution in [2.45, 2.75) is 19.1 Å². The van der Waals surface area contributed by atoms with E-state index in [4.69, 9.17) is 0 Å². The van der Waals surface area contributed by atoms with Crippen LogP contribution in [0.25, 0.3) is 5.52 Å². The van der Waals surface area contributed by atoms with E-state index in [1.807, 2.05) is 0 Å². The summed E-state index contributed by atoms with van der Waals surface area (Å²) in [6.45, 7) is 1.15. The Hall–Kier alpha value is -2.51. The van der Waals surface area contributed by atoms with Gasteiger partial charge >= 0.3 is 12.1 Å². The number of halogens is 3. The molecule has 1 atom stereocenters. The van der Waals surface area contributed by atoms with E-state index >= 15 is 0 Å². The third-order valence-corrected chi connectivity index (χ3v) is 2.92. The average molecular weight is 300 g/mol. The van der Waals surface area contributed by atoms with Crippen molar-refractivity contribution >= 4 is 17.2 Å². The van der Waals surface area contributed by atoms with Crippen molar-refractivity contribution in [2.24, 2.45) is 0 Å². The van der Waals surface area contributed by atoms with Crippen LogP contribution in [0.1, 0.15) is 17.3 Å². The lowest BCUT2D eigenvalue weighted by molar-refractivity contribution is -0.173. The van der Waals surface area contributed by atoms with Gasteiger partial charge in [-0.15, -0.1) is 0 Å². The number of Topliss-reactive ketones (excluding diaryl/α,β-unsaturated/α-hetero) is 1. The molecule has 0 radical (unpaired) electrons. The molecule has 5 nitrogen and oxygen atoms in total. The summed E-state index contributed by atoms with van der Waals surface area (Å²) in [6, 6.07) is 2.90. The van der Waals surface area contributed by atoms with Gasteiger partial charge in [0.15, 0.2) is 5.78 Å². The largest absolute Gasteiger partial charge is 0.506 e. The lowest BCUT2D eigenvalue weighted by Crippen LogP contribution is -2.45. The van der Waals surface area contributed by atoms with E-state index in [0.717, 1.165) is 6.92 Å². The number of aromatic hydroxyl groups is 1. The van der Waals surface area contributed by atoms with Crippen LogP contribution in [0.5, 0.6) is 5.75 Å². The van der Waals surface area contributed by atoms with Gasteiger partial charge < -0.3 is 14.8 Å². The maximum atomic E-state index is 12.2. The number of amides is 1. The van der Waals surface area contributed by atoms with E-state index in [2.05, 4.69) is 0 Å². The average Bonchev–Trinajstić information content (AvgIpc) is 2.81. The number of pyridine rings is 1.